The monoisotopic (exact) mass is 396 g/mol. The van der Waals surface area contributed by atoms with E-state index < -0.39 is 22.0 Å². The molecule has 0 bridgehead atoms. The van der Waals surface area contributed by atoms with E-state index in [1.807, 2.05) is 0 Å². The summed E-state index contributed by atoms with van der Waals surface area (Å²) in [4.78, 5) is 12.8. The Labute approximate surface area is 158 Å². The molecular formula is C18H21ClN2O4S. The van der Waals surface area contributed by atoms with Gasteiger partial charge in [0.2, 0.25) is 15.9 Å². The zero-order valence-corrected chi connectivity index (χ0v) is 16.3. The second-order valence-electron chi connectivity index (χ2n) is 5.65. The van der Waals surface area contributed by atoms with Gasteiger partial charge in [0, 0.05) is 5.02 Å². The number of carbonyl (C=O) groups excluding carboxylic acids is 1. The first-order valence-corrected chi connectivity index (χ1v) is 10.2. The first kappa shape index (κ1) is 20.1. The molecule has 0 heterocycles. The van der Waals surface area contributed by atoms with Crippen molar-refractivity contribution < 1.29 is 17.9 Å². The van der Waals surface area contributed by atoms with E-state index in [-0.39, 0.29) is 6.42 Å². The number of nitrogens with zero attached hydrogens (tertiary/aromatic N) is 1. The Morgan fingerprint density at radius 3 is 2.35 bits per heavy atom. The predicted octanol–water partition coefficient (Wildman–Crippen LogP) is 3.53. The van der Waals surface area contributed by atoms with Crippen molar-refractivity contribution in [2.24, 2.45) is 0 Å². The second kappa shape index (κ2) is 8.42. The SMILES string of the molecule is CC[C@@H](C(=O)Nc1ccccc1OC)N(c1ccc(Cl)cc1)S(C)(=O)=O. The van der Waals surface area contributed by atoms with E-state index in [2.05, 4.69) is 5.32 Å². The van der Waals surface area contributed by atoms with Gasteiger partial charge in [0.25, 0.3) is 0 Å². The van der Waals surface area contributed by atoms with Crippen LogP contribution in [0.5, 0.6) is 5.75 Å². The Morgan fingerprint density at radius 2 is 1.81 bits per heavy atom. The number of methoxy groups -OCH3 is 1. The normalized spacial score (nSPS) is 12.3. The van der Waals surface area contributed by atoms with Crippen LogP contribution >= 0.6 is 11.6 Å². The van der Waals surface area contributed by atoms with E-state index in [9.17, 15) is 13.2 Å². The van der Waals surface area contributed by atoms with Gasteiger partial charge >= 0.3 is 0 Å². The van der Waals surface area contributed by atoms with Crippen LogP contribution in [0.1, 0.15) is 13.3 Å². The van der Waals surface area contributed by atoms with Gasteiger partial charge in [-0.05, 0) is 42.8 Å². The molecule has 2 rings (SSSR count). The third kappa shape index (κ3) is 4.68. The summed E-state index contributed by atoms with van der Waals surface area (Å²) in [5.74, 6) is 0.0467. The van der Waals surface area contributed by atoms with Crippen molar-refractivity contribution in [3.8, 4) is 5.75 Å². The number of ether oxygens (including phenoxy) is 1. The Bertz CT molecular complexity index is 869. The number of halogens is 1. The Kier molecular flexibility index (Phi) is 6.50. The molecule has 0 aliphatic heterocycles. The van der Waals surface area contributed by atoms with Gasteiger partial charge in [-0.2, -0.15) is 0 Å². The molecule has 8 heteroatoms. The lowest BCUT2D eigenvalue weighted by molar-refractivity contribution is -0.117. The van der Waals surface area contributed by atoms with E-state index in [0.717, 1.165) is 10.6 Å². The van der Waals surface area contributed by atoms with Crippen LogP contribution in [0.2, 0.25) is 5.02 Å². The zero-order valence-electron chi connectivity index (χ0n) is 14.8. The zero-order chi connectivity index (χ0) is 19.3. The van der Waals surface area contributed by atoms with Crippen molar-refractivity contribution in [1.29, 1.82) is 0 Å². The number of nitrogens with one attached hydrogen (secondary N) is 1. The first-order chi connectivity index (χ1) is 12.3. The van der Waals surface area contributed by atoms with Crippen LogP contribution in [0.4, 0.5) is 11.4 Å². The fourth-order valence-corrected chi connectivity index (χ4v) is 3.95. The van der Waals surface area contributed by atoms with Crippen molar-refractivity contribution in [1.82, 2.24) is 0 Å². The number of para-hydroxylation sites is 2. The van der Waals surface area contributed by atoms with Crippen LogP contribution < -0.4 is 14.4 Å². The number of anilines is 2. The quantitative estimate of drug-likeness (QED) is 0.776. The molecule has 0 saturated heterocycles. The lowest BCUT2D eigenvalue weighted by Gasteiger charge is -2.30. The maximum Gasteiger partial charge on any atom is 0.248 e. The molecule has 0 spiro atoms. The minimum Gasteiger partial charge on any atom is -0.495 e. The van der Waals surface area contributed by atoms with Gasteiger partial charge in [-0.15, -0.1) is 0 Å². The van der Waals surface area contributed by atoms with E-state index in [0.29, 0.717) is 22.1 Å². The highest BCUT2D eigenvalue weighted by molar-refractivity contribution is 7.92. The fraction of sp³-hybridized carbons (Fsp3) is 0.278. The minimum absolute atomic E-state index is 0.288. The molecule has 1 amide bonds. The van der Waals surface area contributed by atoms with Crippen LogP contribution in [0.15, 0.2) is 48.5 Å². The van der Waals surface area contributed by atoms with E-state index in [4.69, 9.17) is 16.3 Å². The standard InChI is InChI=1S/C18H21ClN2O4S/c1-4-16(18(22)20-15-7-5-6-8-17(15)25-2)21(26(3,23)24)14-11-9-13(19)10-12-14/h5-12,16H,4H2,1-3H3,(H,20,22)/t16-/m0/s1. The van der Waals surface area contributed by atoms with Gasteiger partial charge in [0.15, 0.2) is 0 Å². The van der Waals surface area contributed by atoms with Gasteiger partial charge in [-0.3, -0.25) is 9.10 Å². The summed E-state index contributed by atoms with van der Waals surface area (Å²) < 4.78 is 31.1. The van der Waals surface area contributed by atoms with Gasteiger partial charge in [-0.25, -0.2) is 8.42 Å². The largest absolute Gasteiger partial charge is 0.495 e. The van der Waals surface area contributed by atoms with Gasteiger partial charge < -0.3 is 10.1 Å². The van der Waals surface area contributed by atoms with Crippen LogP contribution in [0, 0.1) is 0 Å². The summed E-state index contributed by atoms with van der Waals surface area (Å²) in [6.07, 6.45) is 1.36. The molecule has 0 aromatic heterocycles. The molecule has 2 aromatic carbocycles. The molecule has 1 atom stereocenters. The number of rotatable bonds is 7. The van der Waals surface area contributed by atoms with Crippen molar-refractivity contribution >= 4 is 38.9 Å². The lowest BCUT2D eigenvalue weighted by atomic mass is 10.1. The number of benzene rings is 2. The van der Waals surface area contributed by atoms with Crippen LogP contribution in [0.3, 0.4) is 0 Å². The topological polar surface area (TPSA) is 75.7 Å². The summed E-state index contributed by atoms with van der Waals surface area (Å²) in [5, 5.41) is 3.23. The molecule has 0 fully saturated rings. The third-order valence-corrected chi connectivity index (χ3v) is 5.21. The molecule has 0 radical (unpaired) electrons. The fourth-order valence-electron chi connectivity index (χ4n) is 2.61. The average molecular weight is 397 g/mol. The Hall–Kier alpha value is -2.25. The summed E-state index contributed by atoms with van der Waals surface area (Å²) in [6, 6.07) is 12.3. The van der Waals surface area contributed by atoms with Crippen molar-refractivity contribution in [3.63, 3.8) is 0 Å². The van der Waals surface area contributed by atoms with Crippen molar-refractivity contribution in [2.45, 2.75) is 19.4 Å². The van der Waals surface area contributed by atoms with Crippen LogP contribution in [-0.4, -0.2) is 33.7 Å². The van der Waals surface area contributed by atoms with Crippen LogP contribution in [-0.2, 0) is 14.8 Å². The number of carbonyl (C=O) groups is 1. The van der Waals surface area contributed by atoms with Crippen molar-refractivity contribution in [3.05, 3.63) is 53.6 Å². The summed E-state index contributed by atoms with van der Waals surface area (Å²) in [7, 11) is -2.20. The Balaban J connectivity index is 2.38. The molecule has 0 aliphatic rings. The van der Waals surface area contributed by atoms with E-state index in [1.54, 1.807) is 55.5 Å². The molecule has 2 aromatic rings. The maximum absolute atomic E-state index is 12.8. The molecule has 140 valence electrons. The summed E-state index contributed by atoms with van der Waals surface area (Å²) in [6.45, 7) is 1.75. The summed E-state index contributed by atoms with van der Waals surface area (Å²) >= 11 is 5.89. The predicted molar refractivity (Wildman–Crippen MR) is 104 cm³/mol. The number of amides is 1. The highest BCUT2D eigenvalue weighted by Crippen LogP contribution is 2.27. The van der Waals surface area contributed by atoms with E-state index >= 15 is 0 Å². The van der Waals surface area contributed by atoms with Crippen LogP contribution in [0.25, 0.3) is 0 Å². The molecule has 0 saturated carbocycles. The molecule has 0 unspecified atom stereocenters. The first-order valence-electron chi connectivity index (χ1n) is 7.96. The van der Waals surface area contributed by atoms with E-state index in [1.165, 1.54) is 7.11 Å². The van der Waals surface area contributed by atoms with Crippen molar-refractivity contribution in [2.75, 3.05) is 23.0 Å². The third-order valence-electron chi connectivity index (χ3n) is 3.78. The number of hydrogen-bond acceptors (Lipinski definition) is 4. The Morgan fingerprint density at radius 1 is 1.19 bits per heavy atom. The number of hydrogen-bond donors (Lipinski definition) is 1. The lowest BCUT2D eigenvalue weighted by Crippen LogP contribution is -2.47. The van der Waals surface area contributed by atoms with Gasteiger partial charge in [-0.1, -0.05) is 30.7 Å². The number of sulfonamides is 1. The summed E-state index contributed by atoms with van der Waals surface area (Å²) in [5.41, 5.74) is 0.849. The molecular weight excluding hydrogens is 376 g/mol. The molecule has 6 nitrogen and oxygen atoms in total. The van der Waals surface area contributed by atoms with Gasteiger partial charge in [0.05, 0.1) is 24.7 Å². The highest BCUT2D eigenvalue weighted by Gasteiger charge is 2.31. The maximum atomic E-state index is 12.8. The molecule has 26 heavy (non-hydrogen) atoms. The average Bonchev–Trinajstić information content (AvgIpc) is 2.60. The molecule has 1 N–H and O–H groups in total. The van der Waals surface area contributed by atoms with Gasteiger partial charge in [0.1, 0.15) is 11.8 Å². The molecule has 0 aliphatic carbocycles. The smallest absolute Gasteiger partial charge is 0.248 e. The minimum atomic E-state index is -3.70. The highest BCUT2D eigenvalue weighted by atomic mass is 35.5. The second-order valence-corrected chi connectivity index (χ2v) is 7.94.